The minimum Gasteiger partial charge on any atom is -0.370 e. The van der Waals surface area contributed by atoms with Crippen LogP contribution in [0.5, 0.6) is 0 Å². The minimum absolute atomic E-state index is 0. The number of nitrogens with zero attached hydrogens (tertiary/aromatic N) is 2. The van der Waals surface area contributed by atoms with E-state index in [-0.39, 0.29) is 29.8 Å². The molecule has 0 saturated carbocycles. The van der Waals surface area contributed by atoms with E-state index in [0.717, 1.165) is 24.3 Å². The van der Waals surface area contributed by atoms with Gasteiger partial charge in [-0.1, -0.05) is 24.3 Å². The highest BCUT2D eigenvalue weighted by molar-refractivity contribution is 14.0. The zero-order valence-electron chi connectivity index (χ0n) is 14.0. The number of likely N-dealkylation sites (N-methyl/N-ethyl adjacent to an activating group) is 1. The van der Waals surface area contributed by atoms with Crippen molar-refractivity contribution in [1.29, 1.82) is 0 Å². The van der Waals surface area contributed by atoms with Crippen LogP contribution in [0.1, 0.15) is 11.1 Å². The number of nitrogens with one attached hydrogen (secondary N) is 1. The summed E-state index contributed by atoms with van der Waals surface area (Å²) in [6.45, 7) is 4.15. The molecule has 0 unspecified atom stereocenters. The van der Waals surface area contributed by atoms with E-state index in [1.165, 1.54) is 17.7 Å². The first-order valence-electron chi connectivity index (χ1n) is 7.59. The van der Waals surface area contributed by atoms with Gasteiger partial charge in [-0.25, -0.2) is 4.39 Å². The van der Waals surface area contributed by atoms with Crippen LogP contribution >= 0.6 is 24.0 Å². The first kappa shape index (κ1) is 20.4. The molecule has 2 aromatic carbocycles. The van der Waals surface area contributed by atoms with Gasteiger partial charge in [0.1, 0.15) is 5.82 Å². The molecule has 0 aliphatic heterocycles. The molecular formula is C18H24FIN4. The average Bonchev–Trinajstić information content (AvgIpc) is 2.49. The fourth-order valence-electron chi connectivity index (χ4n) is 2.23. The maximum absolute atomic E-state index is 12.9. The Bertz CT molecular complexity index is 658. The molecule has 6 heteroatoms. The second-order valence-electron chi connectivity index (χ2n) is 5.63. The first-order valence-corrected chi connectivity index (χ1v) is 7.59. The van der Waals surface area contributed by atoms with Gasteiger partial charge in [-0.3, -0.25) is 4.99 Å². The molecule has 4 nitrogen and oxygen atoms in total. The molecule has 0 fully saturated rings. The van der Waals surface area contributed by atoms with Crippen LogP contribution in [-0.2, 0) is 6.54 Å². The largest absolute Gasteiger partial charge is 0.370 e. The molecule has 0 aromatic heterocycles. The molecule has 0 spiro atoms. The molecule has 0 radical (unpaired) electrons. The van der Waals surface area contributed by atoms with E-state index in [1.807, 2.05) is 38.2 Å². The quantitative estimate of drug-likeness (QED) is 0.409. The maximum atomic E-state index is 12.9. The van der Waals surface area contributed by atoms with E-state index in [1.54, 1.807) is 12.1 Å². The van der Waals surface area contributed by atoms with Crippen LogP contribution in [0.2, 0.25) is 0 Å². The highest BCUT2D eigenvalue weighted by atomic mass is 127. The van der Waals surface area contributed by atoms with Crippen molar-refractivity contribution in [2.24, 2.45) is 10.7 Å². The van der Waals surface area contributed by atoms with Crippen molar-refractivity contribution >= 4 is 35.6 Å². The lowest BCUT2D eigenvalue weighted by molar-refractivity contribution is 0.336. The average molecular weight is 442 g/mol. The van der Waals surface area contributed by atoms with Crippen LogP contribution in [0.15, 0.2) is 53.5 Å². The number of guanidine groups is 1. The van der Waals surface area contributed by atoms with Crippen LogP contribution in [0.25, 0.3) is 0 Å². The van der Waals surface area contributed by atoms with Crippen molar-refractivity contribution in [3.8, 4) is 0 Å². The fraction of sp³-hybridized carbons (Fsp3) is 0.278. The predicted octanol–water partition coefficient (Wildman–Crippen LogP) is 3.61. The molecule has 2 rings (SSSR count). The fourth-order valence-corrected chi connectivity index (χ4v) is 2.23. The zero-order valence-corrected chi connectivity index (χ0v) is 16.3. The van der Waals surface area contributed by atoms with E-state index in [0.29, 0.717) is 12.5 Å². The SMILES string of the molecule is Cc1cccc(NC(N)=NCCN(C)Cc2ccc(F)cc2)c1.I. The Balaban J connectivity index is 0.00000288. The van der Waals surface area contributed by atoms with Crippen molar-refractivity contribution in [2.75, 3.05) is 25.5 Å². The number of rotatable bonds is 6. The normalized spacial score (nSPS) is 11.2. The maximum Gasteiger partial charge on any atom is 0.193 e. The molecule has 2 aromatic rings. The van der Waals surface area contributed by atoms with Gasteiger partial charge in [0.25, 0.3) is 0 Å². The molecular weight excluding hydrogens is 418 g/mol. The number of hydrogen-bond acceptors (Lipinski definition) is 2. The van der Waals surface area contributed by atoms with Crippen LogP contribution in [0, 0.1) is 12.7 Å². The summed E-state index contributed by atoms with van der Waals surface area (Å²) >= 11 is 0. The second-order valence-corrected chi connectivity index (χ2v) is 5.63. The second kappa shape index (κ2) is 10.2. The van der Waals surface area contributed by atoms with Crippen molar-refractivity contribution in [3.63, 3.8) is 0 Å². The van der Waals surface area contributed by atoms with E-state index in [9.17, 15) is 4.39 Å². The van der Waals surface area contributed by atoms with Gasteiger partial charge in [-0.15, -0.1) is 24.0 Å². The number of halogens is 2. The lowest BCUT2D eigenvalue weighted by Crippen LogP contribution is -2.26. The van der Waals surface area contributed by atoms with Gasteiger partial charge in [0.15, 0.2) is 5.96 Å². The lowest BCUT2D eigenvalue weighted by Gasteiger charge is -2.15. The molecule has 0 amide bonds. The van der Waals surface area contributed by atoms with Gasteiger partial charge in [0.05, 0.1) is 6.54 Å². The van der Waals surface area contributed by atoms with Crippen LogP contribution in [-0.4, -0.2) is 31.0 Å². The van der Waals surface area contributed by atoms with E-state index >= 15 is 0 Å². The van der Waals surface area contributed by atoms with Crippen LogP contribution in [0.4, 0.5) is 10.1 Å². The van der Waals surface area contributed by atoms with Gasteiger partial charge >= 0.3 is 0 Å². The lowest BCUT2D eigenvalue weighted by atomic mass is 10.2. The Morgan fingerprint density at radius 2 is 1.92 bits per heavy atom. The molecule has 130 valence electrons. The van der Waals surface area contributed by atoms with Crippen molar-refractivity contribution < 1.29 is 4.39 Å². The highest BCUT2D eigenvalue weighted by Crippen LogP contribution is 2.09. The van der Waals surface area contributed by atoms with Crippen molar-refractivity contribution in [2.45, 2.75) is 13.5 Å². The molecule has 0 aliphatic rings. The number of benzene rings is 2. The summed E-state index contributed by atoms with van der Waals surface area (Å²) in [6, 6.07) is 14.5. The van der Waals surface area contributed by atoms with Gasteiger partial charge in [0, 0.05) is 18.8 Å². The summed E-state index contributed by atoms with van der Waals surface area (Å²) in [5, 5.41) is 3.08. The Labute approximate surface area is 160 Å². The number of aryl methyl sites for hydroxylation is 1. The summed E-state index contributed by atoms with van der Waals surface area (Å²) in [5.74, 6) is 0.196. The smallest absolute Gasteiger partial charge is 0.193 e. The number of aliphatic imine (C=N–C) groups is 1. The highest BCUT2D eigenvalue weighted by Gasteiger charge is 2.01. The first-order chi connectivity index (χ1) is 11.0. The third kappa shape index (κ3) is 7.27. The summed E-state index contributed by atoms with van der Waals surface area (Å²) in [6.07, 6.45) is 0. The standard InChI is InChI=1S/C18H23FN4.HI/c1-14-4-3-5-17(12-14)22-18(20)21-10-11-23(2)13-15-6-8-16(19)9-7-15;/h3-9,12H,10-11,13H2,1-2H3,(H3,20,21,22);1H. The number of anilines is 1. The van der Waals surface area contributed by atoms with Gasteiger partial charge in [-0.05, 0) is 49.4 Å². The van der Waals surface area contributed by atoms with Gasteiger partial charge in [-0.2, -0.15) is 0 Å². The topological polar surface area (TPSA) is 53.6 Å². The Hall–Kier alpha value is -1.67. The van der Waals surface area contributed by atoms with Crippen LogP contribution in [0.3, 0.4) is 0 Å². The van der Waals surface area contributed by atoms with Crippen molar-refractivity contribution in [3.05, 3.63) is 65.5 Å². The summed E-state index contributed by atoms with van der Waals surface area (Å²) in [4.78, 5) is 6.45. The van der Waals surface area contributed by atoms with Crippen molar-refractivity contribution in [1.82, 2.24) is 4.90 Å². The zero-order chi connectivity index (χ0) is 16.7. The molecule has 0 heterocycles. The molecule has 0 atom stereocenters. The van der Waals surface area contributed by atoms with Gasteiger partial charge in [0.2, 0.25) is 0 Å². The monoisotopic (exact) mass is 442 g/mol. The molecule has 0 saturated heterocycles. The molecule has 24 heavy (non-hydrogen) atoms. The Morgan fingerprint density at radius 1 is 1.21 bits per heavy atom. The third-order valence-electron chi connectivity index (χ3n) is 3.42. The van der Waals surface area contributed by atoms with Gasteiger partial charge < -0.3 is 16.0 Å². The summed E-state index contributed by atoms with van der Waals surface area (Å²) < 4.78 is 12.9. The predicted molar refractivity (Wildman–Crippen MR) is 109 cm³/mol. The van der Waals surface area contributed by atoms with E-state index in [2.05, 4.69) is 15.2 Å². The molecule has 0 aliphatic carbocycles. The Kier molecular flexibility index (Phi) is 8.70. The molecule has 0 bridgehead atoms. The van der Waals surface area contributed by atoms with Crippen LogP contribution < -0.4 is 11.1 Å². The minimum atomic E-state index is -0.212. The van der Waals surface area contributed by atoms with E-state index in [4.69, 9.17) is 5.73 Å². The Morgan fingerprint density at radius 3 is 2.58 bits per heavy atom. The third-order valence-corrected chi connectivity index (χ3v) is 3.42. The number of hydrogen-bond donors (Lipinski definition) is 2. The summed E-state index contributed by atoms with van der Waals surface area (Å²) in [5.41, 5.74) is 9.07. The van der Waals surface area contributed by atoms with E-state index < -0.39 is 0 Å². The summed E-state index contributed by atoms with van der Waals surface area (Å²) in [7, 11) is 2.00. The number of nitrogens with two attached hydrogens (primary N) is 1. The molecule has 3 N–H and O–H groups in total.